The van der Waals surface area contributed by atoms with Gasteiger partial charge in [-0.25, -0.2) is 0 Å². The maximum absolute atomic E-state index is 13.5. The van der Waals surface area contributed by atoms with Gasteiger partial charge in [0.1, 0.15) is 0 Å². The zero-order chi connectivity index (χ0) is 22.8. The molecular weight excluding hydrogens is 429 g/mol. The molecule has 176 valence electrons. The van der Waals surface area contributed by atoms with Crippen molar-refractivity contribution in [2.45, 2.75) is 82.5 Å². The zero-order valence-electron chi connectivity index (χ0n) is 18.6. The van der Waals surface area contributed by atoms with Gasteiger partial charge >= 0.3 is 6.18 Å². The highest BCUT2D eigenvalue weighted by atomic mass is 19.4. The quantitative estimate of drug-likeness (QED) is 0.707. The Labute approximate surface area is 191 Å². The molecular formula is C25H29F3N4O. The van der Waals surface area contributed by atoms with E-state index in [0.29, 0.717) is 35.4 Å². The molecule has 0 saturated heterocycles. The molecule has 7 rings (SSSR count). The standard InChI is InChI=1S/C25H29F3N4O/c26-25(27,28)22-20-3-1-2-4-21(20)32(31-22)14-19-10-18(5-6-29-19)23(33)30-24-11-15-7-16(12-24)9-17(8-15)13-24/h5-6,10,15-17H,1-4,7-9,11-14H2,(H,30,33). The summed E-state index contributed by atoms with van der Waals surface area (Å²) in [7, 11) is 0. The number of aromatic nitrogens is 3. The Kier molecular flexibility index (Phi) is 4.86. The van der Waals surface area contributed by atoms with Crippen LogP contribution in [0.5, 0.6) is 0 Å². The number of nitrogens with zero attached hydrogens (tertiary/aromatic N) is 3. The number of nitrogens with one attached hydrogen (secondary N) is 1. The van der Waals surface area contributed by atoms with Crippen LogP contribution in [0.25, 0.3) is 0 Å². The van der Waals surface area contributed by atoms with Gasteiger partial charge in [-0.05, 0) is 94.1 Å². The molecule has 2 aromatic rings. The average Bonchev–Trinajstić information content (AvgIpc) is 3.12. The molecule has 5 nitrogen and oxygen atoms in total. The first kappa shape index (κ1) is 21.2. The van der Waals surface area contributed by atoms with Gasteiger partial charge in [0.25, 0.3) is 5.91 Å². The van der Waals surface area contributed by atoms with Crippen LogP contribution in [0.15, 0.2) is 18.3 Å². The highest BCUT2D eigenvalue weighted by Crippen LogP contribution is 2.55. The van der Waals surface area contributed by atoms with Crippen LogP contribution in [0.1, 0.15) is 84.4 Å². The van der Waals surface area contributed by atoms with Crippen molar-refractivity contribution in [2.75, 3.05) is 0 Å². The van der Waals surface area contributed by atoms with E-state index in [2.05, 4.69) is 15.4 Å². The second kappa shape index (κ2) is 7.57. The van der Waals surface area contributed by atoms with Crippen molar-refractivity contribution in [1.82, 2.24) is 20.1 Å². The summed E-state index contributed by atoms with van der Waals surface area (Å²) in [5, 5.41) is 7.30. The minimum atomic E-state index is -4.46. The molecule has 0 atom stereocenters. The highest BCUT2D eigenvalue weighted by molar-refractivity contribution is 5.94. The van der Waals surface area contributed by atoms with Gasteiger partial charge in [-0.15, -0.1) is 0 Å². The summed E-state index contributed by atoms with van der Waals surface area (Å²) in [6, 6.07) is 3.40. The Hall–Kier alpha value is -2.38. The van der Waals surface area contributed by atoms with Crippen molar-refractivity contribution in [2.24, 2.45) is 17.8 Å². The monoisotopic (exact) mass is 458 g/mol. The summed E-state index contributed by atoms with van der Waals surface area (Å²) < 4.78 is 42.0. The van der Waals surface area contributed by atoms with E-state index in [9.17, 15) is 18.0 Å². The van der Waals surface area contributed by atoms with Crippen molar-refractivity contribution in [3.05, 3.63) is 46.5 Å². The Balaban J connectivity index is 1.22. The van der Waals surface area contributed by atoms with Crippen molar-refractivity contribution >= 4 is 5.91 Å². The van der Waals surface area contributed by atoms with Crippen LogP contribution in [0.2, 0.25) is 0 Å². The van der Waals surface area contributed by atoms with Gasteiger partial charge in [0, 0.05) is 28.6 Å². The van der Waals surface area contributed by atoms with Crippen molar-refractivity contribution in [3.63, 3.8) is 0 Å². The van der Waals surface area contributed by atoms with E-state index < -0.39 is 11.9 Å². The van der Waals surface area contributed by atoms with Crippen LogP contribution in [0, 0.1) is 17.8 Å². The third-order valence-corrected chi connectivity index (χ3v) is 8.33. The lowest BCUT2D eigenvalue weighted by atomic mass is 9.53. The van der Waals surface area contributed by atoms with E-state index in [-0.39, 0.29) is 18.0 Å². The van der Waals surface area contributed by atoms with Gasteiger partial charge in [-0.1, -0.05) is 0 Å². The van der Waals surface area contributed by atoms with Crippen molar-refractivity contribution < 1.29 is 18.0 Å². The molecule has 4 saturated carbocycles. The van der Waals surface area contributed by atoms with Gasteiger partial charge in [-0.2, -0.15) is 18.3 Å². The third-order valence-electron chi connectivity index (χ3n) is 8.33. The van der Waals surface area contributed by atoms with Crippen LogP contribution in [-0.2, 0) is 25.6 Å². The van der Waals surface area contributed by atoms with E-state index in [1.807, 2.05) is 0 Å². The Bertz CT molecular complexity index is 1050. The predicted octanol–water partition coefficient (Wildman–Crippen LogP) is 4.92. The number of amides is 1. The summed E-state index contributed by atoms with van der Waals surface area (Å²) >= 11 is 0. The van der Waals surface area contributed by atoms with Crippen LogP contribution < -0.4 is 5.32 Å². The molecule has 0 unspecified atom stereocenters. The molecule has 0 radical (unpaired) electrons. The Morgan fingerprint density at radius 3 is 2.42 bits per heavy atom. The first-order valence-electron chi connectivity index (χ1n) is 12.2. The molecule has 0 aliphatic heterocycles. The van der Waals surface area contributed by atoms with Crippen molar-refractivity contribution in [1.29, 1.82) is 0 Å². The first-order valence-corrected chi connectivity index (χ1v) is 12.2. The largest absolute Gasteiger partial charge is 0.435 e. The topological polar surface area (TPSA) is 59.8 Å². The minimum absolute atomic E-state index is 0.0854. The summed E-state index contributed by atoms with van der Waals surface area (Å²) in [4.78, 5) is 17.5. The van der Waals surface area contributed by atoms with Crippen molar-refractivity contribution in [3.8, 4) is 0 Å². The number of carbonyl (C=O) groups is 1. The number of hydrogen-bond donors (Lipinski definition) is 1. The molecule has 5 aliphatic carbocycles. The minimum Gasteiger partial charge on any atom is -0.347 e. The fraction of sp³-hybridized carbons (Fsp3) is 0.640. The lowest BCUT2D eigenvalue weighted by molar-refractivity contribution is -0.142. The fourth-order valence-corrected chi connectivity index (χ4v) is 7.47. The molecule has 0 aromatic carbocycles. The fourth-order valence-electron chi connectivity index (χ4n) is 7.47. The summed E-state index contributed by atoms with van der Waals surface area (Å²) in [6.45, 7) is 0.136. The molecule has 1 N–H and O–H groups in total. The average molecular weight is 459 g/mol. The normalized spacial score (nSPS) is 30.3. The summed E-state index contributed by atoms with van der Waals surface area (Å²) in [5.41, 5.74) is 1.19. The number of carbonyl (C=O) groups excluding carboxylic acids is 1. The third kappa shape index (κ3) is 3.85. The van der Waals surface area contributed by atoms with E-state index in [0.717, 1.165) is 49.9 Å². The number of rotatable bonds is 4. The van der Waals surface area contributed by atoms with E-state index in [4.69, 9.17) is 0 Å². The smallest absolute Gasteiger partial charge is 0.347 e. The Morgan fingerprint density at radius 2 is 1.76 bits per heavy atom. The Morgan fingerprint density at radius 1 is 1.09 bits per heavy atom. The molecule has 4 fully saturated rings. The number of fused-ring (bicyclic) bond motifs is 1. The maximum atomic E-state index is 13.5. The molecule has 2 aromatic heterocycles. The van der Waals surface area contributed by atoms with E-state index in [1.54, 1.807) is 18.3 Å². The van der Waals surface area contributed by atoms with Gasteiger partial charge in [0.15, 0.2) is 5.69 Å². The zero-order valence-corrected chi connectivity index (χ0v) is 18.6. The maximum Gasteiger partial charge on any atom is 0.435 e. The summed E-state index contributed by atoms with van der Waals surface area (Å²) in [5.74, 6) is 2.11. The van der Waals surface area contributed by atoms with Gasteiger partial charge < -0.3 is 5.32 Å². The van der Waals surface area contributed by atoms with E-state index >= 15 is 0 Å². The van der Waals surface area contributed by atoms with Gasteiger partial charge in [0.2, 0.25) is 0 Å². The number of pyridine rings is 1. The highest BCUT2D eigenvalue weighted by Gasteiger charge is 2.51. The predicted molar refractivity (Wildman–Crippen MR) is 116 cm³/mol. The van der Waals surface area contributed by atoms with Crippen LogP contribution in [0.4, 0.5) is 13.2 Å². The molecule has 33 heavy (non-hydrogen) atoms. The lowest BCUT2D eigenvalue weighted by Gasteiger charge is -2.56. The molecule has 4 bridgehead atoms. The number of halogens is 3. The van der Waals surface area contributed by atoms with Gasteiger partial charge in [-0.3, -0.25) is 14.5 Å². The lowest BCUT2D eigenvalue weighted by Crippen LogP contribution is -2.59. The number of hydrogen-bond acceptors (Lipinski definition) is 3. The number of alkyl halides is 3. The molecule has 5 aliphatic rings. The molecule has 0 spiro atoms. The van der Waals surface area contributed by atoms with Crippen LogP contribution >= 0.6 is 0 Å². The summed E-state index contributed by atoms with van der Waals surface area (Å²) in [6.07, 6.45) is 6.86. The van der Waals surface area contributed by atoms with Crippen LogP contribution in [0.3, 0.4) is 0 Å². The van der Waals surface area contributed by atoms with Crippen LogP contribution in [-0.4, -0.2) is 26.2 Å². The first-order chi connectivity index (χ1) is 15.8. The second-order valence-electron chi connectivity index (χ2n) is 10.8. The van der Waals surface area contributed by atoms with Gasteiger partial charge in [0.05, 0.1) is 12.2 Å². The second-order valence-corrected chi connectivity index (χ2v) is 10.8. The molecule has 2 heterocycles. The molecule has 8 heteroatoms. The molecule has 1 amide bonds. The SMILES string of the molecule is O=C(NC12CC3CC(CC(C3)C1)C2)c1ccnc(Cn2nc(C(F)(F)F)c3c2CCCC3)c1. The van der Waals surface area contributed by atoms with E-state index in [1.165, 1.54) is 23.9 Å².